The molecule has 0 aliphatic carbocycles. The lowest BCUT2D eigenvalue weighted by atomic mass is 10.2. The molecule has 6 nitrogen and oxygen atoms in total. The second kappa shape index (κ2) is 9.88. The molecule has 0 aliphatic rings. The van der Waals surface area contributed by atoms with E-state index in [0.717, 1.165) is 11.3 Å². The van der Waals surface area contributed by atoms with Gasteiger partial charge in [-0.05, 0) is 43.3 Å². The van der Waals surface area contributed by atoms with Crippen LogP contribution in [0.25, 0.3) is 6.08 Å². The molecule has 0 unspecified atom stereocenters. The average molecular weight is 355 g/mol. The smallest absolute Gasteiger partial charge is 0.331 e. The highest BCUT2D eigenvalue weighted by Gasteiger charge is 2.06. The van der Waals surface area contributed by atoms with Gasteiger partial charge in [-0.3, -0.25) is 4.79 Å². The van der Waals surface area contributed by atoms with Crippen molar-refractivity contribution in [2.24, 2.45) is 0 Å². The highest BCUT2D eigenvalue weighted by Crippen LogP contribution is 2.18. The number of benzene rings is 2. The van der Waals surface area contributed by atoms with Gasteiger partial charge in [0.1, 0.15) is 11.5 Å². The van der Waals surface area contributed by atoms with E-state index >= 15 is 0 Å². The third-order valence-electron chi connectivity index (χ3n) is 3.33. The zero-order valence-electron chi connectivity index (χ0n) is 14.7. The molecular weight excluding hydrogens is 334 g/mol. The van der Waals surface area contributed by atoms with E-state index in [4.69, 9.17) is 14.2 Å². The van der Waals surface area contributed by atoms with Crippen molar-refractivity contribution in [3.8, 4) is 11.5 Å². The number of esters is 1. The van der Waals surface area contributed by atoms with Crippen molar-refractivity contribution in [3.63, 3.8) is 0 Å². The second-order valence-corrected chi connectivity index (χ2v) is 5.19. The number of anilines is 1. The summed E-state index contributed by atoms with van der Waals surface area (Å²) in [6, 6.07) is 14.2. The molecule has 0 heterocycles. The second-order valence-electron chi connectivity index (χ2n) is 5.19. The fourth-order valence-corrected chi connectivity index (χ4v) is 2.14. The van der Waals surface area contributed by atoms with E-state index in [1.807, 2.05) is 19.1 Å². The third-order valence-corrected chi connectivity index (χ3v) is 3.33. The normalized spacial score (nSPS) is 10.4. The first-order valence-electron chi connectivity index (χ1n) is 8.13. The number of para-hydroxylation sites is 1. The molecular formula is C20H21NO5. The van der Waals surface area contributed by atoms with Crippen molar-refractivity contribution in [2.75, 3.05) is 25.6 Å². The quantitative estimate of drug-likeness (QED) is 0.581. The topological polar surface area (TPSA) is 73.9 Å². The fourth-order valence-electron chi connectivity index (χ4n) is 2.14. The first-order chi connectivity index (χ1) is 12.6. The summed E-state index contributed by atoms with van der Waals surface area (Å²) in [5.74, 6) is 0.328. The van der Waals surface area contributed by atoms with Gasteiger partial charge in [0.05, 0.1) is 13.7 Å². The maximum absolute atomic E-state index is 11.8. The van der Waals surface area contributed by atoms with Gasteiger partial charge in [-0.25, -0.2) is 4.79 Å². The molecule has 2 rings (SSSR count). The summed E-state index contributed by atoms with van der Waals surface area (Å²) in [6.45, 7) is 2.10. The van der Waals surface area contributed by atoms with E-state index in [9.17, 15) is 9.59 Å². The van der Waals surface area contributed by atoms with Crippen molar-refractivity contribution >= 4 is 23.6 Å². The largest absolute Gasteiger partial charge is 0.496 e. The summed E-state index contributed by atoms with van der Waals surface area (Å²) in [5.41, 5.74) is 1.34. The molecule has 2 aromatic rings. The number of rotatable bonds is 8. The van der Waals surface area contributed by atoms with Crippen molar-refractivity contribution in [1.29, 1.82) is 0 Å². The van der Waals surface area contributed by atoms with Crippen LogP contribution in [0.2, 0.25) is 0 Å². The van der Waals surface area contributed by atoms with Crippen LogP contribution in [0.4, 0.5) is 5.69 Å². The first kappa shape index (κ1) is 19.1. The number of hydrogen-bond acceptors (Lipinski definition) is 5. The van der Waals surface area contributed by atoms with Gasteiger partial charge in [-0.2, -0.15) is 0 Å². The standard InChI is InChI=1S/C20H21NO5/c1-3-25-17-11-9-16(10-12-17)21-19(22)14-26-20(23)13-8-15-6-4-5-7-18(15)24-2/h4-13H,3,14H2,1-2H3,(H,21,22)/b13-8+. The van der Waals surface area contributed by atoms with E-state index in [2.05, 4.69) is 5.32 Å². The van der Waals surface area contributed by atoms with Gasteiger partial charge in [0, 0.05) is 17.3 Å². The van der Waals surface area contributed by atoms with Gasteiger partial charge < -0.3 is 19.5 Å². The summed E-state index contributed by atoms with van der Waals surface area (Å²) < 4.78 is 15.4. The van der Waals surface area contributed by atoms with Crippen molar-refractivity contribution in [2.45, 2.75) is 6.92 Å². The Bertz CT molecular complexity index is 768. The molecule has 6 heteroatoms. The van der Waals surface area contributed by atoms with E-state index < -0.39 is 11.9 Å². The number of carbonyl (C=O) groups excluding carboxylic acids is 2. The lowest BCUT2D eigenvalue weighted by Gasteiger charge is -2.07. The summed E-state index contributed by atoms with van der Waals surface area (Å²) >= 11 is 0. The maximum atomic E-state index is 11.8. The van der Waals surface area contributed by atoms with Crippen LogP contribution in [-0.4, -0.2) is 32.2 Å². The minimum Gasteiger partial charge on any atom is -0.496 e. The lowest BCUT2D eigenvalue weighted by molar-refractivity contribution is -0.142. The van der Waals surface area contributed by atoms with Crippen LogP contribution in [0.3, 0.4) is 0 Å². The minimum absolute atomic E-state index is 0.373. The zero-order valence-corrected chi connectivity index (χ0v) is 14.7. The van der Waals surface area contributed by atoms with Crippen LogP contribution in [0, 0.1) is 0 Å². The van der Waals surface area contributed by atoms with Gasteiger partial charge >= 0.3 is 5.97 Å². The molecule has 0 saturated heterocycles. The van der Waals surface area contributed by atoms with Gasteiger partial charge in [0.15, 0.2) is 6.61 Å². The molecule has 26 heavy (non-hydrogen) atoms. The predicted octanol–water partition coefficient (Wildman–Crippen LogP) is 3.29. The van der Waals surface area contributed by atoms with Crippen LogP contribution in [0.15, 0.2) is 54.6 Å². The number of hydrogen-bond donors (Lipinski definition) is 1. The van der Waals surface area contributed by atoms with Crippen LogP contribution in [-0.2, 0) is 14.3 Å². The Labute approximate surface area is 152 Å². The molecule has 2 aromatic carbocycles. The number of methoxy groups -OCH3 is 1. The zero-order chi connectivity index (χ0) is 18.8. The molecule has 0 aromatic heterocycles. The van der Waals surface area contributed by atoms with E-state index in [1.54, 1.807) is 49.6 Å². The fraction of sp³-hybridized carbons (Fsp3) is 0.200. The molecule has 1 amide bonds. The third kappa shape index (κ3) is 5.98. The summed E-state index contributed by atoms with van der Waals surface area (Å²) in [7, 11) is 1.55. The Morgan fingerprint density at radius 3 is 2.50 bits per heavy atom. The molecule has 0 atom stereocenters. The molecule has 0 saturated carbocycles. The van der Waals surface area contributed by atoms with Gasteiger partial charge in [-0.1, -0.05) is 18.2 Å². The number of amides is 1. The molecule has 0 bridgehead atoms. The Kier molecular flexibility index (Phi) is 7.24. The molecule has 0 fully saturated rings. The van der Waals surface area contributed by atoms with Crippen LogP contribution >= 0.6 is 0 Å². The Balaban J connectivity index is 1.81. The highest BCUT2D eigenvalue weighted by atomic mass is 16.5. The van der Waals surface area contributed by atoms with Crippen LogP contribution in [0.1, 0.15) is 12.5 Å². The number of carbonyl (C=O) groups is 2. The molecule has 0 spiro atoms. The van der Waals surface area contributed by atoms with E-state index in [-0.39, 0.29) is 6.61 Å². The maximum Gasteiger partial charge on any atom is 0.331 e. The van der Waals surface area contributed by atoms with Gasteiger partial charge in [0.25, 0.3) is 5.91 Å². The molecule has 136 valence electrons. The molecule has 0 aliphatic heterocycles. The Hall–Kier alpha value is -3.28. The Morgan fingerprint density at radius 1 is 1.08 bits per heavy atom. The molecule has 1 N–H and O–H groups in total. The molecule has 0 radical (unpaired) electrons. The summed E-state index contributed by atoms with van der Waals surface area (Å²) in [6.07, 6.45) is 2.83. The monoisotopic (exact) mass is 355 g/mol. The van der Waals surface area contributed by atoms with Crippen molar-refractivity contribution < 1.29 is 23.8 Å². The van der Waals surface area contributed by atoms with Gasteiger partial charge in [-0.15, -0.1) is 0 Å². The average Bonchev–Trinajstić information content (AvgIpc) is 2.66. The first-order valence-corrected chi connectivity index (χ1v) is 8.13. The number of nitrogens with one attached hydrogen (secondary N) is 1. The lowest BCUT2D eigenvalue weighted by Crippen LogP contribution is -2.20. The summed E-state index contributed by atoms with van der Waals surface area (Å²) in [5, 5.41) is 2.64. The summed E-state index contributed by atoms with van der Waals surface area (Å²) in [4.78, 5) is 23.6. The van der Waals surface area contributed by atoms with Crippen LogP contribution in [0.5, 0.6) is 11.5 Å². The number of ether oxygens (including phenoxy) is 3. The SMILES string of the molecule is CCOc1ccc(NC(=O)COC(=O)/C=C/c2ccccc2OC)cc1. The Morgan fingerprint density at radius 2 is 1.81 bits per heavy atom. The van der Waals surface area contributed by atoms with Crippen LogP contribution < -0.4 is 14.8 Å². The van der Waals surface area contributed by atoms with Gasteiger partial charge in [0.2, 0.25) is 0 Å². The highest BCUT2D eigenvalue weighted by molar-refractivity contribution is 5.94. The van der Waals surface area contributed by atoms with E-state index in [0.29, 0.717) is 18.0 Å². The minimum atomic E-state index is -0.613. The van der Waals surface area contributed by atoms with Crippen molar-refractivity contribution in [3.05, 3.63) is 60.2 Å². The predicted molar refractivity (Wildman–Crippen MR) is 99.2 cm³/mol. The van der Waals surface area contributed by atoms with E-state index in [1.165, 1.54) is 6.08 Å². The van der Waals surface area contributed by atoms with Crippen molar-refractivity contribution in [1.82, 2.24) is 0 Å².